The van der Waals surface area contributed by atoms with Crippen molar-refractivity contribution in [1.82, 2.24) is 14.6 Å². The monoisotopic (exact) mass is 249 g/mol. The van der Waals surface area contributed by atoms with Gasteiger partial charge in [-0.05, 0) is 19.1 Å². The van der Waals surface area contributed by atoms with Gasteiger partial charge in [0.25, 0.3) is 0 Å². The molecule has 1 N–H and O–H groups in total. The molecule has 0 aliphatic carbocycles. The number of hydrogen-bond donors (Lipinski definition) is 1. The molecule has 0 fully saturated rings. The first kappa shape index (κ1) is 11.2. The second-order valence-corrected chi connectivity index (χ2v) is 4.18. The zero-order valence-corrected chi connectivity index (χ0v) is 10.3. The van der Waals surface area contributed by atoms with Gasteiger partial charge >= 0.3 is 0 Å². The molecule has 5 nitrogen and oxygen atoms in total. The van der Waals surface area contributed by atoms with Gasteiger partial charge in [-0.2, -0.15) is 14.9 Å². The number of aromatic nitrogens is 3. The molecule has 0 aliphatic heterocycles. The van der Waals surface area contributed by atoms with Crippen LogP contribution < -0.4 is 5.32 Å². The molecule has 0 saturated carbocycles. The van der Waals surface area contributed by atoms with Crippen LogP contribution in [0.4, 0.5) is 11.5 Å². The Hall–Kier alpha value is -2.87. The molecular formula is C14H11N5. The van der Waals surface area contributed by atoms with Crippen molar-refractivity contribution in [2.75, 3.05) is 5.32 Å². The summed E-state index contributed by atoms with van der Waals surface area (Å²) in [6.07, 6.45) is 1.53. The van der Waals surface area contributed by atoms with E-state index >= 15 is 0 Å². The van der Waals surface area contributed by atoms with Crippen LogP contribution in [0.25, 0.3) is 5.65 Å². The summed E-state index contributed by atoms with van der Waals surface area (Å²) in [6.45, 7) is 1.89. The smallest absolute Gasteiger partial charge is 0.175 e. The molecule has 0 bridgehead atoms. The standard InChI is InChI=1S/C14H11N5/c1-10-7-13(18-12-5-3-2-4-6-12)19-14(17-10)11(8-15)9-16-19/h2-7,9,18H,1H3. The minimum Gasteiger partial charge on any atom is -0.340 e. The maximum absolute atomic E-state index is 9.03. The van der Waals surface area contributed by atoms with Gasteiger partial charge in [0.15, 0.2) is 5.65 Å². The van der Waals surface area contributed by atoms with Gasteiger partial charge in [0.05, 0.1) is 6.20 Å². The number of anilines is 2. The van der Waals surface area contributed by atoms with Gasteiger partial charge in [-0.15, -0.1) is 0 Å². The van der Waals surface area contributed by atoms with E-state index in [1.54, 1.807) is 4.52 Å². The molecule has 0 saturated heterocycles. The molecule has 0 aliphatic rings. The number of hydrogen-bond acceptors (Lipinski definition) is 4. The Balaban J connectivity index is 2.14. The summed E-state index contributed by atoms with van der Waals surface area (Å²) >= 11 is 0. The predicted octanol–water partition coefficient (Wildman–Crippen LogP) is 2.65. The molecule has 1 aromatic carbocycles. The maximum atomic E-state index is 9.03. The number of para-hydroxylation sites is 1. The molecular weight excluding hydrogens is 238 g/mol. The minimum absolute atomic E-state index is 0.472. The van der Waals surface area contributed by atoms with E-state index in [1.807, 2.05) is 43.3 Å². The highest BCUT2D eigenvalue weighted by Gasteiger charge is 2.09. The number of nitriles is 1. The van der Waals surface area contributed by atoms with E-state index in [1.165, 1.54) is 6.20 Å². The van der Waals surface area contributed by atoms with E-state index < -0.39 is 0 Å². The molecule has 92 valence electrons. The largest absolute Gasteiger partial charge is 0.340 e. The van der Waals surface area contributed by atoms with E-state index in [0.717, 1.165) is 17.2 Å². The summed E-state index contributed by atoms with van der Waals surface area (Å²) in [5.74, 6) is 0.787. The number of nitrogens with one attached hydrogen (secondary N) is 1. The summed E-state index contributed by atoms with van der Waals surface area (Å²) in [4.78, 5) is 4.35. The quantitative estimate of drug-likeness (QED) is 0.758. The summed E-state index contributed by atoms with van der Waals surface area (Å²) in [6, 6.07) is 13.8. The van der Waals surface area contributed by atoms with Crippen LogP contribution in [0.5, 0.6) is 0 Å². The molecule has 0 spiro atoms. The van der Waals surface area contributed by atoms with E-state index in [9.17, 15) is 0 Å². The van der Waals surface area contributed by atoms with Crippen molar-refractivity contribution in [3.8, 4) is 6.07 Å². The lowest BCUT2D eigenvalue weighted by Gasteiger charge is -2.09. The average Bonchev–Trinajstić information content (AvgIpc) is 2.83. The summed E-state index contributed by atoms with van der Waals surface area (Å²) in [7, 11) is 0. The molecule has 19 heavy (non-hydrogen) atoms. The van der Waals surface area contributed by atoms with Crippen molar-refractivity contribution in [2.24, 2.45) is 0 Å². The number of rotatable bonds is 2. The topological polar surface area (TPSA) is 66.0 Å². The van der Waals surface area contributed by atoms with Crippen molar-refractivity contribution in [2.45, 2.75) is 6.92 Å². The lowest BCUT2D eigenvalue weighted by molar-refractivity contribution is 0.938. The van der Waals surface area contributed by atoms with Crippen LogP contribution in [0, 0.1) is 18.3 Å². The third-order valence-corrected chi connectivity index (χ3v) is 2.77. The highest BCUT2D eigenvalue weighted by molar-refractivity contribution is 5.63. The van der Waals surface area contributed by atoms with Gasteiger partial charge < -0.3 is 5.32 Å². The van der Waals surface area contributed by atoms with Crippen LogP contribution in [-0.2, 0) is 0 Å². The van der Waals surface area contributed by atoms with Gasteiger partial charge in [-0.1, -0.05) is 18.2 Å². The number of benzene rings is 1. The molecule has 0 unspecified atom stereocenters. The third-order valence-electron chi connectivity index (χ3n) is 2.77. The maximum Gasteiger partial charge on any atom is 0.175 e. The van der Waals surface area contributed by atoms with Gasteiger partial charge in [0, 0.05) is 17.4 Å². The van der Waals surface area contributed by atoms with Crippen molar-refractivity contribution < 1.29 is 0 Å². The van der Waals surface area contributed by atoms with Gasteiger partial charge in [-0.3, -0.25) is 0 Å². The van der Waals surface area contributed by atoms with Crippen LogP contribution in [0.3, 0.4) is 0 Å². The van der Waals surface area contributed by atoms with Crippen LogP contribution in [0.1, 0.15) is 11.3 Å². The van der Waals surface area contributed by atoms with Crippen molar-refractivity contribution >= 4 is 17.2 Å². The molecule has 2 heterocycles. The van der Waals surface area contributed by atoms with Gasteiger partial charge in [0.1, 0.15) is 17.5 Å². The lowest BCUT2D eigenvalue weighted by Crippen LogP contribution is -2.02. The fourth-order valence-electron chi connectivity index (χ4n) is 1.92. The molecule has 0 radical (unpaired) electrons. The van der Waals surface area contributed by atoms with E-state index in [0.29, 0.717) is 11.2 Å². The zero-order valence-electron chi connectivity index (χ0n) is 10.3. The van der Waals surface area contributed by atoms with Crippen molar-refractivity contribution in [3.63, 3.8) is 0 Å². The molecule has 3 rings (SSSR count). The SMILES string of the molecule is Cc1cc(Nc2ccccc2)n2ncc(C#N)c2n1. The van der Waals surface area contributed by atoms with Gasteiger partial charge in [-0.25, -0.2) is 4.98 Å². The highest BCUT2D eigenvalue weighted by atomic mass is 15.3. The predicted molar refractivity (Wildman–Crippen MR) is 72.2 cm³/mol. The van der Waals surface area contributed by atoms with E-state index in [2.05, 4.69) is 21.5 Å². The average molecular weight is 249 g/mol. The summed E-state index contributed by atoms with van der Waals surface area (Å²) in [5, 5.41) is 16.5. The second kappa shape index (κ2) is 4.42. The van der Waals surface area contributed by atoms with Crippen molar-refractivity contribution in [1.29, 1.82) is 5.26 Å². The Bertz CT molecular complexity index is 768. The van der Waals surface area contributed by atoms with E-state index in [4.69, 9.17) is 5.26 Å². The lowest BCUT2D eigenvalue weighted by atomic mass is 10.3. The third kappa shape index (κ3) is 2.00. The normalized spacial score (nSPS) is 10.3. The molecule has 3 aromatic rings. The van der Waals surface area contributed by atoms with Crippen LogP contribution in [-0.4, -0.2) is 14.6 Å². The Labute approximate surface area is 110 Å². The number of aryl methyl sites for hydroxylation is 1. The van der Waals surface area contributed by atoms with Crippen LogP contribution in [0.2, 0.25) is 0 Å². The molecule has 2 aromatic heterocycles. The molecule has 5 heteroatoms. The fraction of sp³-hybridized carbons (Fsp3) is 0.0714. The Morgan fingerprint density at radius 3 is 2.79 bits per heavy atom. The summed E-state index contributed by atoms with van der Waals surface area (Å²) in [5.41, 5.74) is 2.84. The summed E-state index contributed by atoms with van der Waals surface area (Å²) < 4.78 is 1.64. The number of fused-ring (bicyclic) bond motifs is 1. The minimum atomic E-state index is 0.472. The first-order valence-corrected chi connectivity index (χ1v) is 5.85. The Morgan fingerprint density at radius 2 is 2.05 bits per heavy atom. The first-order valence-electron chi connectivity index (χ1n) is 5.85. The highest BCUT2D eigenvalue weighted by Crippen LogP contribution is 2.19. The molecule has 0 atom stereocenters. The van der Waals surface area contributed by atoms with E-state index in [-0.39, 0.29) is 0 Å². The Kier molecular flexibility index (Phi) is 2.62. The number of nitrogens with zero attached hydrogens (tertiary/aromatic N) is 4. The van der Waals surface area contributed by atoms with Crippen LogP contribution >= 0.6 is 0 Å². The Morgan fingerprint density at radius 1 is 1.26 bits per heavy atom. The van der Waals surface area contributed by atoms with Crippen LogP contribution in [0.15, 0.2) is 42.6 Å². The first-order chi connectivity index (χ1) is 9.28. The zero-order chi connectivity index (χ0) is 13.2. The van der Waals surface area contributed by atoms with Crippen molar-refractivity contribution in [3.05, 3.63) is 53.9 Å². The fourth-order valence-corrected chi connectivity index (χ4v) is 1.92. The second-order valence-electron chi connectivity index (χ2n) is 4.18. The molecule has 0 amide bonds. The van der Waals surface area contributed by atoms with Gasteiger partial charge in [0.2, 0.25) is 0 Å².